The van der Waals surface area contributed by atoms with Gasteiger partial charge in [0.15, 0.2) is 0 Å². The SMILES string of the molecule is CCCc1cc2c(C(F)(F)F)cc(=O)oc2c(CCC)c1OCCCCN(C=O)C(=O)N(C)C1CCCC1. The van der Waals surface area contributed by atoms with Crippen LogP contribution in [0.4, 0.5) is 18.0 Å². The number of carbonyl (C=O) groups is 2. The molecule has 1 aliphatic rings. The molecule has 7 nitrogen and oxygen atoms in total. The third-order valence-corrected chi connectivity index (χ3v) is 7.07. The van der Waals surface area contributed by atoms with E-state index in [-0.39, 0.29) is 36.2 Å². The molecule has 0 radical (unpaired) electrons. The Hall–Kier alpha value is -3.04. The number of halogens is 3. The Morgan fingerprint density at radius 2 is 1.82 bits per heavy atom. The maximum absolute atomic E-state index is 13.7. The van der Waals surface area contributed by atoms with E-state index in [9.17, 15) is 27.6 Å². The zero-order valence-corrected chi connectivity index (χ0v) is 22.4. The highest BCUT2D eigenvalue weighted by atomic mass is 19.4. The number of ether oxygens (including phenoxy) is 1. The van der Waals surface area contributed by atoms with E-state index < -0.39 is 17.4 Å². The number of urea groups is 1. The highest BCUT2D eigenvalue weighted by Gasteiger charge is 2.35. The number of aryl methyl sites for hydroxylation is 2. The second-order valence-electron chi connectivity index (χ2n) is 9.88. The van der Waals surface area contributed by atoms with Gasteiger partial charge in [0, 0.05) is 36.7 Å². The predicted molar refractivity (Wildman–Crippen MR) is 138 cm³/mol. The van der Waals surface area contributed by atoms with Gasteiger partial charge in [0.05, 0.1) is 12.2 Å². The van der Waals surface area contributed by atoms with Crippen LogP contribution < -0.4 is 10.4 Å². The first kappa shape index (κ1) is 29.5. The van der Waals surface area contributed by atoms with Gasteiger partial charge in [0.25, 0.3) is 0 Å². The number of carbonyl (C=O) groups excluding carboxylic acids is 2. The molecule has 0 bridgehead atoms. The summed E-state index contributed by atoms with van der Waals surface area (Å²) >= 11 is 0. The smallest absolute Gasteiger partial charge is 0.417 e. The predicted octanol–water partition coefficient (Wildman–Crippen LogP) is 6.33. The number of fused-ring (bicyclic) bond motifs is 1. The number of hydrogen-bond acceptors (Lipinski definition) is 5. The van der Waals surface area contributed by atoms with E-state index in [0.717, 1.165) is 25.7 Å². The quantitative estimate of drug-likeness (QED) is 0.179. The Bertz CT molecular complexity index is 1170. The first-order valence-electron chi connectivity index (χ1n) is 13.4. The summed E-state index contributed by atoms with van der Waals surface area (Å²) in [4.78, 5) is 39.1. The third-order valence-electron chi connectivity index (χ3n) is 7.07. The minimum atomic E-state index is -4.70. The second kappa shape index (κ2) is 13.2. The van der Waals surface area contributed by atoms with Crippen molar-refractivity contribution in [3.8, 4) is 5.75 Å². The normalized spacial score (nSPS) is 14.2. The van der Waals surface area contributed by atoms with Crippen LogP contribution in [0.15, 0.2) is 21.3 Å². The number of unbranched alkanes of at least 4 members (excludes halogenated alkanes) is 1. The van der Waals surface area contributed by atoms with E-state index in [1.54, 1.807) is 11.9 Å². The number of hydrogen-bond donors (Lipinski definition) is 0. The Kier molecular flexibility index (Phi) is 10.2. The van der Waals surface area contributed by atoms with Crippen LogP contribution in [-0.2, 0) is 23.8 Å². The van der Waals surface area contributed by atoms with Crippen molar-refractivity contribution >= 4 is 23.4 Å². The number of nitrogens with zero attached hydrogens (tertiary/aromatic N) is 2. The lowest BCUT2D eigenvalue weighted by atomic mass is 9.96. The maximum Gasteiger partial charge on any atom is 0.417 e. The number of amides is 3. The van der Waals surface area contributed by atoms with Crippen molar-refractivity contribution in [1.29, 1.82) is 0 Å². The minimum absolute atomic E-state index is 0.0887. The van der Waals surface area contributed by atoms with Gasteiger partial charge in [0.2, 0.25) is 6.41 Å². The molecule has 2 aromatic rings. The molecule has 3 rings (SSSR count). The summed E-state index contributed by atoms with van der Waals surface area (Å²) in [6.45, 7) is 4.30. The van der Waals surface area contributed by atoms with Crippen molar-refractivity contribution in [2.45, 2.75) is 90.3 Å². The van der Waals surface area contributed by atoms with Gasteiger partial charge in [-0.25, -0.2) is 9.59 Å². The highest BCUT2D eigenvalue weighted by molar-refractivity contribution is 5.87. The van der Waals surface area contributed by atoms with Gasteiger partial charge >= 0.3 is 17.8 Å². The van der Waals surface area contributed by atoms with Crippen LogP contribution in [0.1, 0.15) is 81.9 Å². The van der Waals surface area contributed by atoms with Crippen LogP contribution in [-0.4, -0.2) is 48.5 Å². The van der Waals surface area contributed by atoms with Gasteiger partial charge in [-0.2, -0.15) is 13.2 Å². The van der Waals surface area contributed by atoms with Crippen molar-refractivity contribution < 1.29 is 31.9 Å². The summed E-state index contributed by atoms with van der Waals surface area (Å²) in [6.07, 6.45) is 3.12. The third kappa shape index (κ3) is 6.88. The fraction of sp³-hybridized carbons (Fsp3) is 0.607. The Balaban J connectivity index is 1.77. The fourth-order valence-electron chi connectivity index (χ4n) is 5.16. The minimum Gasteiger partial charge on any atom is -0.493 e. The number of benzene rings is 1. The van der Waals surface area contributed by atoms with E-state index in [2.05, 4.69) is 0 Å². The van der Waals surface area contributed by atoms with Gasteiger partial charge in [0.1, 0.15) is 11.3 Å². The molecule has 1 aromatic heterocycles. The molecular formula is C28H37F3N2O5. The monoisotopic (exact) mass is 538 g/mol. The zero-order chi connectivity index (χ0) is 27.9. The molecule has 3 amide bonds. The molecule has 210 valence electrons. The molecule has 0 aliphatic heterocycles. The van der Waals surface area contributed by atoms with Gasteiger partial charge in [-0.15, -0.1) is 0 Å². The topological polar surface area (TPSA) is 80.1 Å². The molecule has 1 aliphatic carbocycles. The summed E-state index contributed by atoms with van der Waals surface area (Å²) in [5.41, 5.74) is -1.07. The molecule has 0 atom stereocenters. The summed E-state index contributed by atoms with van der Waals surface area (Å²) in [5.74, 6) is 0.452. The molecule has 1 heterocycles. The van der Waals surface area contributed by atoms with Gasteiger partial charge in [-0.05, 0) is 50.2 Å². The molecule has 0 unspecified atom stereocenters. The molecule has 0 N–H and O–H groups in total. The molecule has 0 spiro atoms. The van der Waals surface area contributed by atoms with Crippen LogP contribution in [0, 0.1) is 0 Å². The van der Waals surface area contributed by atoms with Crippen LogP contribution in [0.25, 0.3) is 11.0 Å². The lowest BCUT2D eigenvalue weighted by Crippen LogP contribution is -2.45. The molecule has 38 heavy (non-hydrogen) atoms. The summed E-state index contributed by atoms with van der Waals surface area (Å²) in [6, 6.07) is 1.77. The molecule has 1 saturated carbocycles. The van der Waals surface area contributed by atoms with E-state index in [1.165, 1.54) is 11.0 Å². The second-order valence-corrected chi connectivity index (χ2v) is 9.88. The van der Waals surface area contributed by atoms with Crippen molar-refractivity contribution in [2.24, 2.45) is 0 Å². The number of imide groups is 1. The van der Waals surface area contributed by atoms with E-state index in [4.69, 9.17) is 9.15 Å². The first-order valence-corrected chi connectivity index (χ1v) is 13.4. The van der Waals surface area contributed by atoms with Crippen LogP contribution >= 0.6 is 0 Å². The lowest BCUT2D eigenvalue weighted by Gasteiger charge is -2.28. The molecule has 10 heteroatoms. The highest BCUT2D eigenvalue weighted by Crippen LogP contribution is 2.40. The van der Waals surface area contributed by atoms with Crippen LogP contribution in [0.2, 0.25) is 0 Å². The molecule has 1 aromatic carbocycles. The average Bonchev–Trinajstić information content (AvgIpc) is 3.41. The Labute approximate surface area is 220 Å². The van der Waals surface area contributed by atoms with Crippen molar-refractivity contribution in [3.63, 3.8) is 0 Å². The summed E-state index contributed by atoms with van der Waals surface area (Å²) < 4.78 is 52.6. The van der Waals surface area contributed by atoms with Gasteiger partial charge in [-0.1, -0.05) is 39.5 Å². The Morgan fingerprint density at radius 1 is 1.13 bits per heavy atom. The fourth-order valence-corrected chi connectivity index (χ4v) is 5.16. The summed E-state index contributed by atoms with van der Waals surface area (Å²) in [7, 11) is 1.73. The Morgan fingerprint density at radius 3 is 2.42 bits per heavy atom. The largest absolute Gasteiger partial charge is 0.493 e. The molecule has 0 saturated heterocycles. The molecule has 1 fully saturated rings. The molecular weight excluding hydrogens is 501 g/mol. The first-order chi connectivity index (χ1) is 18.1. The maximum atomic E-state index is 13.7. The lowest BCUT2D eigenvalue weighted by molar-refractivity contribution is -0.136. The van der Waals surface area contributed by atoms with Crippen molar-refractivity contribution in [3.05, 3.63) is 39.2 Å². The van der Waals surface area contributed by atoms with Gasteiger partial charge in [-0.3, -0.25) is 9.69 Å². The summed E-state index contributed by atoms with van der Waals surface area (Å²) in [5, 5.41) is -0.136. The van der Waals surface area contributed by atoms with Gasteiger partial charge < -0.3 is 14.1 Å². The van der Waals surface area contributed by atoms with Crippen molar-refractivity contribution in [1.82, 2.24) is 9.80 Å². The van der Waals surface area contributed by atoms with Crippen LogP contribution in [0.3, 0.4) is 0 Å². The number of alkyl halides is 3. The van der Waals surface area contributed by atoms with Crippen LogP contribution in [0.5, 0.6) is 5.75 Å². The van der Waals surface area contributed by atoms with E-state index in [0.29, 0.717) is 67.9 Å². The zero-order valence-electron chi connectivity index (χ0n) is 22.4. The van der Waals surface area contributed by atoms with Crippen molar-refractivity contribution in [2.75, 3.05) is 20.2 Å². The standard InChI is InChI=1S/C28H37F3N2O5/c1-4-10-19-16-22-23(28(29,30)31)17-24(35)38-26(22)21(11-5-2)25(19)37-15-9-8-14-33(18-34)27(36)32(3)20-12-6-7-13-20/h16-18,20H,4-15H2,1-3H3. The average molecular weight is 539 g/mol. The van der Waals surface area contributed by atoms with E-state index in [1.807, 2.05) is 13.8 Å². The van der Waals surface area contributed by atoms with E-state index >= 15 is 0 Å². The number of rotatable bonds is 12.